The third-order valence-corrected chi connectivity index (χ3v) is 9.24. The van der Waals surface area contributed by atoms with Gasteiger partial charge in [-0.25, -0.2) is 0 Å². The second-order valence-electron chi connectivity index (χ2n) is 13.6. The van der Waals surface area contributed by atoms with Crippen molar-refractivity contribution in [1.29, 1.82) is 0 Å². The minimum absolute atomic E-state index is 0.957. The first-order valence-corrected chi connectivity index (χ1v) is 18.7. The molecule has 0 aromatic carbocycles. The molecule has 0 rings (SSSR count). The van der Waals surface area contributed by atoms with E-state index in [1.165, 1.54) is 205 Å². The van der Waals surface area contributed by atoms with Crippen LogP contribution in [0.3, 0.4) is 0 Å². The number of hydrogen-bond acceptors (Lipinski definition) is 0. The average Bonchev–Trinajstić information content (AvgIpc) is 2.92. The fraction of sp³-hybridized carbons (Fsp3) is 1.00. The maximum Gasteiger partial charge on any atom is -0.0443 e. The van der Waals surface area contributed by atoms with Crippen molar-refractivity contribution in [2.75, 3.05) is 0 Å². The van der Waals surface area contributed by atoms with E-state index in [2.05, 4.69) is 27.7 Å². The summed E-state index contributed by atoms with van der Waals surface area (Å²) in [5.74, 6) is 1.92. The molecule has 38 heavy (non-hydrogen) atoms. The summed E-state index contributed by atoms with van der Waals surface area (Å²) in [5, 5.41) is 0. The summed E-state index contributed by atoms with van der Waals surface area (Å²) in [6, 6.07) is 0. The molecule has 0 amide bonds. The van der Waals surface area contributed by atoms with E-state index in [1.807, 2.05) is 0 Å². The first kappa shape index (κ1) is 38.0. The van der Waals surface area contributed by atoms with Crippen LogP contribution in [0.5, 0.6) is 0 Å². The van der Waals surface area contributed by atoms with E-state index >= 15 is 0 Å². The number of unbranched alkanes of at least 4 members (excludes halogenated alkanes) is 25. The molecule has 0 aliphatic rings. The van der Waals surface area contributed by atoms with E-state index in [1.54, 1.807) is 0 Å². The summed E-state index contributed by atoms with van der Waals surface area (Å²) < 4.78 is 0. The smallest absolute Gasteiger partial charge is 0.0443 e. The third kappa shape index (κ3) is 32.2. The quantitative estimate of drug-likeness (QED) is 0.0734. The minimum Gasteiger partial charge on any atom is -0.0654 e. The van der Waals surface area contributed by atoms with Crippen molar-refractivity contribution in [3.8, 4) is 0 Å². The molecule has 0 aromatic rings. The monoisotopic (exact) mass is 535 g/mol. The van der Waals surface area contributed by atoms with Crippen LogP contribution >= 0.6 is 0 Å². The van der Waals surface area contributed by atoms with Crippen LogP contribution in [0.2, 0.25) is 0 Å². The molecular weight excluding hydrogens is 456 g/mol. The van der Waals surface area contributed by atoms with Crippen LogP contribution in [-0.2, 0) is 0 Å². The Morgan fingerprint density at radius 2 is 0.395 bits per heavy atom. The second kappa shape index (κ2) is 33.2. The van der Waals surface area contributed by atoms with Gasteiger partial charge in [-0.3, -0.25) is 0 Å². The molecule has 230 valence electrons. The van der Waals surface area contributed by atoms with Crippen molar-refractivity contribution in [3.05, 3.63) is 0 Å². The zero-order chi connectivity index (χ0) is 27.8. The molecule has 0 heteroatoms. The van der Waals surface area contributed by atoms with Gasteiger partial charge in [0.05, 0.1) is 0 Å². The van der Waals surface area contributed by atoms with Gasteiger partial charge in [0.1, 0.15) is 0 Å². The van der Waals surface area contributed by atoms with Crippen LogP contribution in [0, 0.1) is 11.8 Å². The SMILES string of the molecule is CCCCCCCCCCCCCCCCCCCCC(C)CCCCC(C)CCCCCCCCCC. The lowest BCUT2D eigenvalue weighted by atomic mass is 9.93. The van der Waals surface area contributed by atoms with Crippen LogP contribution in [0.4, 0.5) is 0 Å². The van der Waals surface area contributed by atoms with Crippen molar-refractivity contribution < 1.29 is 0 Å². The lowest BCUT2D eigenvalue weighted by molar-refractivity contribution is 0.400. The molecule has 0 saturated heterocycles. The van der Waals surface area contributed by atoms with Crippen LogP contribution < -0.4 is 0 Å². The second-order valence-corrected chi connectivity index (χ2v) is 13.6. The summed E-state index contributed by atoms with van der Waals surface area (Å²) in [5.41, 5.74) is 0. The molecule has 0 fully saturated rings. The molecule has 0 spiro atoms. The summed E-state index contributed by atoms with van der Waals surface area (Å²) in [4.78, 5) is 0. The van der Waals surface area contributed by atoms with Gasteiger partial charge in [-0.2, -0.15) is 0 Å². The fourth-order valence-electron chi connectivity index (χ4n) is 6.30. The first-order valence-electron chi connectivity index (χ1n) is 18.7. The van der Waals surface area contributed by atoms with E-state index in [-0.39, 0.29) is 0 Å². The zero-order valence-electron chi connectivity index (χ0n) is 27.8. The van der Waals surface area contributed by atoms with Gasteiger partial charge >= 0.3 is 0 Å². The van der Waals surface area contributed by atoms with Gasteiger partial charge < -0.3 is 0 Å². The Morgan fingerprint density at radius 1 is 0.237 bits per heavy atom. The van der Waals surface area contributed by atoms with Crippen molar-refractivity contribution in [1.82, 2.24) is 0 Å². The molecule has 0 aliphatic carbocycles. The van der Waals surface area contributed by atoms with Crippen LogP contribution in [0.25, 0.3) is 0 Å². The van der Waals surface area contributed by atoms with Crippen LogP contribution in [0.1, 0.15) is 233 Å². The van der Waals surface area contributed by atoms with Gasteiger partial charge in [0.2, 0.25) is 0 Å². The maximum atomic E-state index is 2.51. The van der Waals surface area contributed by atoms with E-state index in [9.17, 15) is 0 Å². The lowest BCUT2D eigenvalue weighted by Crippen LogP contribution is -1.98. The first-order chi connectivity index (χ1) is 18.7. The summed E-state index contributed by atoms with van der Waals surface area (Å²) in [7, 11) is 0. The Balaban J connectivity index is 3.23. The predicted octanol–water partition coefficient (Wildman–Crippen LogP) is 14.8. The molecule has 0 saturated carbocycles. The third-order valence-electron chi connectivity index (χ3n) is 9.24. The largest absolute Gasteiger partial charge is 0.0654 e. The van der Waals surface area contributed by atoms with Crippen molar-refractivity contribution in [3.63, 3.8) is 0 Å². The lowest BCUT2D eigenvalue weighted by Gasteiger charge is -2.13. The van der Waals surface area contributed by atoms with Gasteiger partial charge in [0.25, 0.3) is 0 Å². The molecule has 0 bridgehead atoms. The number of hydrogen-bond donors (Lipinski definition) is 0. The molecule has 0 aromatic heterocycles. The highest BCUT2D eigenvalue weighted by Crippen LogP contribution is 2.22. The normalized spacial score (nSPS) is 13.3. The van der Waals surface area contributed by atoms with E-state index in [0.29, 0.717) is 0 Å². The van der Waals surface area contributed by atoms with Gasteiger partial charge in [-0.15, -0.1) is 0 Å². The maximum absolute atomic E-state index is 2.51. The molecule has 0 N–H and O–H groups in total. The van der Waals surface area contributed by atoms with Crippen molar-refractivity contribution in [2.24, 2.45) is 11.8 Å². The topological polar surface area (TPSA) is 0 Å². The summed E-state index contributed by atoms with van der Waals surface area (Å²) >= 11 is 0. The summed E-state index contributed by atoms with van der Waals surface area (Å²) in [6.07, 6.45) is 47.1. The molecule has 2 atom stereocenters. The molecule has 0 aliphatic heterocycles. The van der Waals surface area contributed by atoms with Crippen molar-refractivity contribution >= 4 is 0 Å². The minimum atomic E-state index is 0.957. The molecule has 0 heterocycles. The van der Waals surface area contributed by atoms with E-state index in [4.69, 9.17) is 0 Å². The van der Waals surface area contributed by atoms with Gasteiger partial charge in [-0.05, 0) is 11.8 Å². The standard InChI is InChI=1S/C38H78/c1-5-7-9-11-13-15-16-17-18-19-20-21-22-23-24-26-28-30-34-38(4)36-32-31-35-37(3)33-29-27-25-14-12-10-8-6-2/h37-38H,5-36H2,1-4H3. The highest BCUT2D eigenvalue weighted by molar-refractivity contribution is 4.59. The molecule has 0 radical (unpaired) electrons. The fourth-order valence-corrected chi connectivity index (χ4v) is 6.30. The van der Waals surface area contributed by atoms with Crippen LogP contribution in [0.15, 0.2) is 0 Å². The Morgan fingerprint density at radius 3 is 0.605 bits per heavy atom. The van der Waals surface area contributed by atoms with Crippen molar-refractivity contribution in [2.45, 2.75) is 233 Å². The predicted molar refractivity (Wildman–Crippen MR) is 177 cm³/mol. The molecule has 0 nitrogen and oxygen atoms in total. The Hall–Kier alpha value is 0. The zero-order valence-corrected chi connectivity index (χ0v) is 27.8. The van der Waals surface area contributed by atoms with Crippen LogP contribution in [-0.4, -0.2) is 0 Å². The Bertz CT molecular complexity index is 399. The highest BCUT2D eigenvalue weighted by atomic mass is 14.1. The van der Waals surface area contributed by atoms with E-state index in [0.717, 1.165) is 11.8 Å². The summed E-state index contributed by atoms with van der Waals surface area (Å²) in [6.45, 7) is 9.63. The number of rotatable bonds is 33. The Labute approximate surface area is 244 Å². The van der Waals surface area contributed by atoms with Gasteiger partial charge in [0, 0.05) is 0 Å². The molecular formula is C38H78. The van der Waals surface area contributed by atoms with E-state index < -0.39 is 0 Å². The molecule has 2 unspecified atom stereocenters. The Kier molecular flexibility index (Phi) is 33.2. The average molecular weight is 535 g/mol. The van der Waals surface area contributed by atoms with Gasteiger partial charge in [-0.1, -0.05) is 233 Å². The van der Waals surface area contributed by atoms with Gasteiger partial charge in [0.15, 0.2) is 0 Å². The highest BCUT2D eigenvalue weighted by Gasteiger charge is 2.05.